The van der Waals surface area contributed by atoms with Crippen molar-refractivity contribution < 1.29 is 4.74 Å². The van der Waals surface area contributed by atoms with Crippen LogP contribution in [0.3, 0.4) is 0 Å². The zero-order valence-electron chi connectivity index (χ0n) is 12.2. The van der Waals surface area contributed by atoms with Crippen molar-refractivity contribution in [2.24, 2.45) is 5.73 Å². The molecule has 0 saturated carbocycles. The van der Waals surface area contributed by atoms with Gasteiger partial charge in [0.2, 0.25) is 0 Å². The van der Waals surface area contributed by atoms with Crippen LogP contribution < -0.4 is 5.73 Å². The monoisotopic (exact) mass is 303 g/mol. The van der Waals surface area contributed by atoms with Gasteiger partial charge in [-0.25, -0.2) is 0 Å². The molecule has 0 radical (unpaired) electrons. The van der Waals surface area contributed by atoms with Crippen LogP contribution in [0, 0.1) is 0 Å². The zero-order valence-corrected chi connectivity index (χ0v) is 13.8. The number of hydrogen-bond donors (Lipinski definition) is 1. The smallest absolute Gasteiger partial charge is 0.107 e. The van der Waals surface area contributed by atoms with E-state index in [4.69, 9.17) is 22.1 Å². The van der Waals surface area contributed by atoms with E-state index in [-0.39, 0.29) is 18.2 Å². The fraction of sp³-hybridized carbons (Fsp3) is 0.733. The van der Waals surface area contributed by atoms with Gasteiger partial charge in [-0.05, 0) is 32.4 Å². The molecule has 2 N–H and O–H groups in total. The fourth-order valence-corrected chi connectivity index (χ4v) is 3.32. The van der Waals surface area contributed by atoms with Gasteiger partial charge in [0.1, 0.15) is 6.10 Å². The molecule has 4 heteroatoms. The second kappa shape index (κ2) is 8.96. The van der Waals surface area contributed by atoms with Crippen LogP contribution in [0.1, 0.15) is 63.9 Å². The van der Waals surface area contributed by atoms with E-state index in [0.29, 0.717) is 0 Å². The molecule has 0 spiro atoms. The van der Waals surface area contributed by atoms with Crippen LogP contribution in [0.4, 0.5) is 0 Å². The van der Waals surface area contributed by atoms with Gasteiger partial charge in [-0.2, -0.15) is 0 Å². The van der Waals surface area contributed by atoms with Gasteiger partial charge in [0.25, 0.3) is 0 Å². The van der Waals surface area contributed by atoms with Crippen LogP contribution in [0.2, 0.25) is 4.34 Å². The van der Waals surface area contributed by atoms with E-state index in [1.165, 1.54) is 25.7 Å². The molecular formula is C15H26ClNOS. The van der Waals surface area contributed by atoms with Crippen molar-refractivity contribution >= 4 is 22.9 Å². The summed E-state index contributed by atoms with van der Waals surface area (Å²) in [4.78, 5) is 1.13. The Labute approximate surface area is 126 Å². The molecule has 0 aliphatic heterocycles. The molecule has 0 saturated heterocycles. The number of ether oxygens (including phenoxy) is 1. The number of halogens is 1. The van der Waals surface area contributed by atoms with Crippen molar-refractivity contribution in [2.45, 2.75) is 71.1 Å². The molecular weight excluding hydrogens is 278 g/mol. The lowest BCUT2D eigenvalue weighted by Crippen LogP contribution is -2.29. The van der Waals surface area contributed by atoms with Crippen molar-refractivity contribution in [1.29, 1.82) is 0 Å². The largest absolute Gasteiger partial charge is 0.368 e. The van der Waals surface area contributed by atoms with E-state index < -0.39 is 0 Å². The first-order valence-electron chi connectivity index (χ1n) is 7.20. The van der Waals surface area contributed by atoms with E-state index in [0.717, 1.165) is 15.6 Å². The van der Waals surface area contributed by atoms with Gasteiger partial charge in [-0.15, -0.1) is 11.3 Å². The predicted molar refractivity (Wildman–Crippen MR) is 85.0 cm³/mol. The van der Waals surface area contributed by atoms with Crippen molar-refractivity contribution in [2.75, 3.05) is 0 Å². The molecule has 3 unspecified atom stereocenters. The highest BCUT2D eigenvalue weighted by Crippen LogP contribution is 2.32. The second-order valence-electron chi connectivity index (χ2n) is 5.22. The average Bonchev–Trinajstić information content (AvgIpc) is 2.78. The topological polar surface area (TPSA) is 35.2 Å². The second-order valence-corrected chi connectivity index (χ2v) is 6.96. The normalized spacial score (nSPS) is 16.3. The highest BCUT2D eigenvalue weighted by atomic mass is 35.5. The van der Waals surface area contributed by atoms with E-state index in [1.807, 2.05) is 19.1 Å². The molecule has 1 rings (SSSR count). The Balaban J connectivity index is 2.45. The molecule has 0 aliphatic rings. The Morgan fingerprint density at radius 2 is 2.00 bits per heavy atom. The highest BCUT2D eigenvalue weighted by molar-refractivity contribution is 7.16. The molecule has 1 aromatic heterocycles. The Morgan fingerprint density at radius 1 is 1.26 bits per heavy atom. The summed E-state index contributed by atoms with van der Waals surface area (Å²) in [5.41, 5.74) is 6.04. The molecule has 0 fully saturated rings. The van der Waals surface area contributed by atoms with E-state index in [2.05, 4.69) is 13.8 Å². The van der Waals surface area contributed by atoms with E-state index in [1.54, 1.807) is 11.3 Å². The highest BCUT2D eigenvalue weighted by Gasteiger charge is 2.21. The van der Waals surface area contributed by atoms with Gasteiger partial charge in [-0.1, -0.05) is 44.2 Å². The number of unbranched alkanes of at least 4 members (excludes halogenated alkanes) is 3. The summed E-state index contributed by atoms with van der Waals surface area (Å²) in [5.74, 6) is 0. The van der Waals surface area contributed by atoms with Crippen LogP contribution in [0.25, 0.3) is 0 Å². The average molecular weight is 304 g/mol. The molecule has 19 heavy (non-hydrogen) atoms. The Hall–Kier alpha value is -0.0900. The fourth-order valence-electron chi connectivity index (χ4n) is 2.11. The standard InChI is InChI=1S/C15H26ClNOS/c1-4-5-6-7-8-11(2)18-15(12(3)17)13-9-10-14(16)19-13/h9-12,15H,4-8,17H2,1-3H3. The third kappa shape index (κ3) is 6.26. The number of thiophene rings is 1. The molecule has 3 atom stereocenters. The molecule has 1 aromatic rings. The molecule has 0 aliphatic carbocycles. The summed E-state index contributed by atoms with van der Waals surface area (Å²) >= 11 is 7.54. The summed E-state index contributed by atoms with van der Waals surface area (Å²) in [6, 6.07) is 3.91. The van der Waals surface area contributed by atoms with Crippen molar-refractivity contribution in [3.63, 3.8) is 0 Å². The van der Waals surface area contributed by atoms with Crippen LogP contribution in [-0.4, -0.2) is 12.1 Å². The SMILES string of the molecule is CCCCCCC(C)OC(c1ccc(Cl)s1)C(C)N. The maximum atomic E-state index is 6.12. The zero-order chi connectivity index (χ0) is 14.3. The van der Waals surface area contributed by atoms with Crippen LogP contribution >= 0.6 is 22.9 Å². The first-order valence-corrected chi connectivity index (χ1v) is 8.40. The third-order valence-electron chi connectivity index (χ3n) is 3.20. The lowest BCUT2D eigenvalue weighted by Gasteiger charge is -2.24. The van der Waals surface area contributed by atoms with Crippen molar-refractivity contribution in [3.8, 4) is 0 Å². The van der Waals surface area contributed by atoms with Gasteiger partial charge in [0.05, 0.1) is 10.4 Å². The maximum absolute atomic E-state index is 6.12. The van der Waals surface area contributed by atoms with Crippen LogP contribution in [0.15, 0.2) is 12.1 Å². The van der Waals surface area contributed by atoms with E-state index in [9.17, 15) is 0 Å². The van der Waals surface area contributed by atoms with Gasteiger partial charge < -0.3 is 10.5 Å². The molecule has 0 bridgehead atoms. The van der Waals surface area contributed by atoms with Gasteiger partial charge >= 0.3 is 0 Å². The van der Waals surface area contributed by atoms with E-state index >= 15 is 0 Å². The van der Waals surface area contributed by atoms with Gasteiger partial charge in [-0.3, -0.25) is 0 Å². The molecule has 0 aromatic carbocycles. The van der Waals surface area contributed by atoms with Crippen molar-refractivity contribution in [3.05, 3.63) is 21.3 Å². The lowest BCUT2D eigenvalue weighted by atomic mass is 10.1. The maximum Gasteiger partial charge on any atom is 0.107 e. The Morgan fingerprint density at radius 3 is 2.53 bits per heavy atom. The predicted octanol–water partition coefficient (Wildman–Crippen LogP) is 5.17. The van der Waals surface area contributed by atoms with Crippen LogP contribution in [0.5, 0.6) is 0 Å². The lowest BCUT2D eigenvalue weighted by molar-refractivity contribution is -0.0175. The summed E-state index contributed by atoms with van der Waals surface area (Å²) < 4.78 is 6.91. The minimum absolute atomic E-state index is 0.0205. The summed E-state index contributed by atoms with van der Waals surface area (Å²) in [6.07, 6.45) is 6.40. The molecule has 2 nitrogen and oxygen atoms in total. The summed E-state index contributed by atoms with van der Waals surface area (Å²) in [6.45, 7) is 6.35. The quantitative estimate of drug-likeness (QED) is 0.639. The Bertz CT molecular complexity index is 354. The molecule has 1 heterocycles. The minimum Gasteiger partial charge on any atom is -0.368 e. The molecule has 110 valence electrons. The third-order valence-corrected chi connectivity index (χ3v) is 4.49. The van der Waals surface area contributed by atoms with Crippen LogP contribution in [-0.2, 0) is 4.74 Å². The van der Waals surface area contributed by atoms with Gasteiger partial charge in [0, 0.05) is 10.9 Å². The number of nitrogens with two attached hydrogens (primary N) is 1. The minimum atomic E-state index is -0.0429. The number of hydrogen-bond acceptors (Lipinski definition) is 3. The summed E-state index contributed by atoms with van der Waals surface area (Å²) in [7, 11) is 0. The first kappa shape index (κ1) is 17.0. The first-order chi connectivity index (χ1) is 9.04. The summed E-state index contributed by atoms with van der Waals surface area (Å²) in [5, 5.41) is 0. The Kier molecular flexibility index (Phi) is 8.00. The van der Waals surface area contributed by atoms with Crippen molar-refractivity contribution in [1.82, 2.24) is 0 Å². The van der Waals surface area contributed by atoms with Gasteiger partial charge in [0.15, 0.2) is 0 Å². The number of rotatable bonds is 9. The molecule has 0 amide bonds.